The Kier molecular flexibility index (Phi) is 3.69. The Morgan fingerprint density at radius 3 is 2.94 bits per heavy atom. The van der Waals surface area contributed by atoms with E-state index >= 15 is 0 Å². The van der Waals surface area contributed by atoms with Crippen molar-refractivity contribution >= 4 is 21.6 Å². The van der Waals surface area contributed by atoms with Crippen LogP contribution in [0.3, 0.4) is 0 Å². The van der Waals surface area contributed by atoms with Crippen LogP contribution in [-0.4, -0.2) is 17.9 Å². The number of halogens is 1. The minimum Gasteiger partial charge on any atom is -0.506 e. The van der Waals surface area contributed by atoms with Gasteiger partial charge in [-0.3, -0.25) is 0 Å². The fourth-order valence-corrected chi connectivity index (χ4v) is 2.74. The van der Waals surface area contributed by atoms with Crippen molar-refractivity contribution in [3.63, 3.8) is 0 Å². The van der Waals surface area contributed by atoms with Gasteiger partial charge in [0.05, 0.1) is 10.2 Å². The molecule has 1 aliphatic rings. The zero-order chi connectivity index (χ0) is 12.4. The van der Waals surface area contributed by atoms with Crippen molar-refractivity contribution < 1.29 is 9.94 Å². The van der Waals surface area contributed by atoms with Gasteiger partial charge in [0.1, 0.15) is 12.9 Å². The van der Waals surface area contributed by atoms with Crippen molar-refractivity contribution in [3.8, 4) is 5.75 Å². The number of phenols is 1. The first kappa shape index (κ1) is 12.4. The van der Waals surface area contributed by atoms with Crippen LogP contribution in [-0.2, 0) is 17.8 Å². The standard InChI is InChI=1S/C12H15BrN2O2/c1-17-15-11-4-2-3-7-8(11)5-10(13)12(16)9(7)6-14/h5,16H,2-4,6,14H2,1H3/b15-11+. The van der Waals surface area contributed by atoms with Gasteiger partial charge in [-0.1, -0.05) is 5.16 Å². The molecule has 2 rings (SSSR count). The molecular formula is C12H15BrN2O2. The highest BCUT2D eigenvalue weighted by Gasteiger charge is 2.22. The maximum Gasteiger partial charge on any atom is 0.134 e. The van der Waals surface area contributed by atoms with Crippen molar-refractivity contribution in [3.05, 3.63) is 27.2 Å². The number of nitrogens with two attached hydrogens (primary N) is 1. The summed E-state index contributed by atoms with van der Waals surface area (Å²) in [6.07, 6.45) is 2.82. The molecule has 92 valence electrons. The van der Waals surface area contributed by atoms with E-state index in [-0.39, 0.29) is 5.75 Å². The van der Waals surface area contributed by atoms with Crippen LogP contribution in [0, 0.1) is 0 Å². The minimum absolute atomic E-state index is 0.241. The summed E-state index contributed by atoms with van der Waals surface area (Å²) in [5, 5.41) is 14.0. The third kappa shape index (κ3) is 2.17. The average Bonchev–Trinajstić information content (AvgIpc) is 2.32. The molecule has 0 amide bonds. The first-order chi connectivity index (χ1) is 8.19. The van der Waals surface area contributed by atoms with E-state index in [0.29, 0.717) is 11.0 Å². The summed E-state index contributed by atoms with van der Waals surface area (Å²) < 4.78 is 0.655. The van der Waals surface area contributed by atoms with Crippen molar-refractivity contribution in [1.29, 1.82) is 0 Å². The second-order valence-corrected chi connectivity index (χ2v) is 4.84. The van der Waals surface area contributed by atoms with E-state index in [2.05, 4.69) is 21.1 Å². The Balaban J connectivity index is 2.63. The molecular weight excluding hydrogens is 284 g/mol. The van der Waals surface area contributed by atoms with Crippen LogP contribution in [0.2, 0.25) is 0 Å². The Hall–Kier alpha value is -1.07. The van der Waals surface area contributed by atoms with Crippen LogP contribution in [0.1, 0.15) is 29.5 Å². The van der Waals surface area contributed by atoms with Crippen molar-refractivity contribution in [1.82, 2.24) is 0 Å². The third-order valence-electron chi connectivity index (χ3n) is 3.03. The molecule has 0 unspecified atom stereocenters. The molecule has 0 saturated carbocycles. The second-order valence-electron chi connectivity index (χ2n) is 3.99. The summed E-state index contributed by atoms with van der Waals surface area (Å²) in [6.45, 7) is 0.327. The molecule has 1 aromatic carbocycles. The maximum absolute atomic E-state index is 9.97. The number of aromatic hydroxyl groups is 1. The predicted octanol–water partition coefficient (Wildman–Crippen LogP) is 2.30. The van der Waals surface area contributed by atoms with Gasteiger partial charge in [-0.2, -0.15) is 0 Å². The van der Waals surface area contributed by atoms with Gasteiger partial charge in [-0.05, 0) is 46.8 Å². The van der Waals surface area contributed by atoms with Gasteiger partial charge in [-0.15, -0.1) is 0 Å². The number of rotatable bonds is 2. The number of phenolic OH excluding ortho intramolecular Hbond substituents is 1. The summed E-state index contributed by atoms with van der Waals surface area (Å²) in [5.74, 6) is 0.241. The van der Waals surface area contributed by atoms with E-state index in [1.165, 1.54) is 0 Å². The average molecular weight is 299 g/mol. The monoisotopic (exact) mass is 298 g/mol. The van der Waals surface area contributed by atoms with Gasteiger partial charge in [0.15, 0.2) is 0 Å². The van der Waals surface area contributed by atoms with Gasteiger partial charge in [0, 0.05) is 17.7 Å². The third-order valence-corrected chi connectivity index (χ3v) is 3.63. The molecule has 1 aliphatic carbocycles. The SMILES string of the molecule is CO/N=C1\CCCc2c1cc(Br)c(O)c2CN. The summed E-state index contributed by atoms with van der Waals surface area (Å²) >= 11 is 3.34. The topological polar surface area (TPSA) is 67.8 Å². The first-order valence-corrected chi connectivity index (χ1v) is 6.32. The smallest absolute Gasteiger partial charge is 0.134 e. The first-order valence-electron chi connectivity index (χ1n) is 5.52. The van der Waals surface area contributed by atoms with Crippen LogP contribution in [0.25, 0.3) is 0 Å². The van der Waals surface area contributed by atoms with Crippen LogP contribution >= 0.6 is 15.9 Å². The van der Waals surface area contributed by atoms with Crippen molar-refractivity contribution in [2.24, 2.45) is 10.9 Å². The summed E-state index contributed by atoms with van der Waals surface area (Å²) in [6, 6.07) is 1.89. The molecule has 0 atom stereocenters. The fraction of sp³-hybridized carbons (Fsp3) is 0.417. The Labute approximate surface area is 109 Å². The quantitative estimate of drug-likeness (QED) is 0.823. The Morgan fingerprint density at radius 2 is 2.29 bits per heavy atom. The van der Waals surface area contributed by atoms with Gasteiger partial charge >= 0.3 is 0 Å². The predicted molar refractivity (Wildman–Crippen MR) is 70.2 cm³/mol. The van der Waals surface area contributed by atoms with Crippen molar-refractivity contribution in [2.75, 3.05) is 7.11 Å². The van der Waals surface area contributed by atoms with E-state index in [0.717, 1.165) is 41.7 Å². The lowest BCUT2D eigenvalue weighted by Crippen LogP contribution is -2.16. The highest BCUT2D eigenvalue weighted by molar-refractivity contribution is 9.10. The summed E-state index contributed by atoms with van der Waals surface area (Å²) in [4.78, 5) is 4.86. The normalized spacial score (nSPS) is 17.0. The fourth-order valence-electron chi connectivity index (χ4n) is 2.27. The molecule has 0 aromatic heterocycles. The molecule has 0 bridgehead atoms. The van der Waals surface area contributed by atoms with E-state index in [1.807, 2.05) is 6.07 Å². The van der Waals surface area contributed by atoms with E-state index in [9.17, 15) is 5.11 Å². The van der Waals surface area contributed by atoms with Crippen LogP contribution in [0.4, 0.5) is 0 Å². The van der Waals surface area contributed by atoms with Gasteiger partial charge in [-0.25, -0.2) is 0 Å². The number of benzene rings is 1. The zero-order valence-corrected chi connectivity index (χ0v) is 11.2. The maximum atomic E-state index is 9.97. The lowest BCUT2D eigenvalue weighted by Gasteiger charge is -2.21. The molecule has 0 fully saturated rings. The number of nitrogens with zero attached hydrogens (tertiary/aromatic N) is 1. The van der Waals surface area contributed by atoms with Gasteiger partial charge < -0.3 is 15.7 Å². The molecule has 0 heterocycles. The number of fused-ring (bicyclic) bond motifs is 1. The van der Waals surface area contributed by atoms with Crippen LogP contribution in [0.15, 0.2) is 15.7 Å². The van der Waals surface area contributed by atoms with Gasteiger partial charge in [0.2, 0.25) is 0 Å². The summed E-state index contributed by atoms with van der Waals surface area (Å²) in [5.41, 5.74) is 9.56. The van der Waals surface area contributed by atoms with Crippen molar-refractivity contribution in [2.45, 2.75) is 25.8 Å². The molecule has 1 aromatic rings. The molecule has 3 N–H and O–H groups in total. The lowest BCUT2D eigenvalue weighted by atomic mass is 9.86. The molecule has 5 heteroatoms. The molecule has 4 nitrogen and oxygen atoms in total. The zero-order valence-electron chi connectivity index (χ0n) is 9.66. The van der Waals surface area contributed by atoms with Gasteiger partial charge in [0.25, 0.3) is 0 Å². The summed E-state index contributed by atoms with van der Waals surface area (Å²) in [7, 11) is 1.54. The largest absolute Gasteiger partial charge is 0.506 e. The molecule has 0 aliphatic heterocycles. The molecule has 0 saturated heterocycles. The van der Waals surface area contributed by atoms with Crippen LogP contribution in [0.5, 0.6) is 5.75 Å². The molecule has 0 spiro atoms. The molecule has 17 heavy (non-hydrogen) atoms. The van der Waals surface area contributed by atoms with Crippen LogP contribution < -0.4 is 5.73 Å². The number of hydrogen-bond acceptors (Lipinski definition) is 4. The molecule has 0 radical (unpaired) electrons. The Bertz CT molecular complexity index is 472. The lowest BCUT2D eigenvalue weighted by molar-refractivity contribution is 0.212. The number of hydrogen-bond donors (Lipinski definition) is 2. The van der Waals surface area contributed by atoms with E-state index in [1.54, 1.807) is 7.11 Å². The number of oxime groups is 1. The van der Waals surface area contributed by atoms with E-state index < -0.39 is 0 Å². The highest BCUT2D eigenvalue weighted by atomic mass is 79.9. The Morgan fingerprint density at radius 1 is 1.53 bits per heavy atom. The van der Waals surface area contributed by atoms with E-state index in [4.69, 9.17) is 10.6 Å². The highest BCUT2D eigenvalue weighted by Crippen LogP contribution is 2.36. The minimum atomic E-state index is 0.241. The second kappa shape index (κ2) is 5.06.